The summed E-state index contributed by atoms with van der Waals surface area (Å²) >= 11 is 1.76. The molecule has 0 bridgehead atoms. The third kappa shape index (κ3) is 4.26. The first-order valence-electron chi connectivity index (χ1n) is 11.1. The summed E-state index contributed by atoms with van der Waals surface area (Å²) in [4.78, 5) is 8.38. The number of methoxy groups -OCH3 is 2. The lowest BCUT2D eigenvalue weighted by atomic mass is 9.91. The number of ether oxygens (including phenoxy) is 2. The van der Waals surface area contributed by atoms with Crippen LogP contribution in [0.25, 0.3) is 11.4 Å². The van der Waals surface area contributed by atoms with Crippen molar-refractivity contribution in [2.45, 2.75) is 32.4 Å². The number of hydrogen-bond acceptors (Lipinski definition) is 7. The fraction of sp³-hybridized carbons (Fsp3) is 0.308. The summed E-state index contributed by atoms with van der Waals surface area (Å²) in [5, 5.41) is 6.36. The lowest BCUT2D eigenvalue weighted by molar-refractivity contribution is 0.179. The maximum absolute atomic E-state index is 5.67. The molecule has 1 aliphatic heterocycles. The van der Waals surface area contributed by atoms with E-state index in [1.807, 2.05) is 0 Å². The van der Waals surface area contributed by atoms with E-state index in [0.29, 0.717) is 18.3 Å². The van der Waals surface area contributed by atoms with Crippen LogP contribution in [-0.4, -0.2) is 35.8 Å². The average Bonchev–Trinajstić information content (AvgIpc) is 3.56. The number of rotatable bonds is 7. The molecule has 0 spiro atoms. The molecule has 2 aromatic carbocycles. The van der Waals surface area contributed by atoms with Crippen LogP contribution in [0, 0.1) is 0 Å². The van der Waals surface area contributed by atoms with Crippen molar-refractivity contribution in [1.29, 1.82) is 0 Å². The number of benzene rings is 2. The lowest BCUT2D eigenvalue weighted by Gasteiger charge is -2.36. The first-order chi connectivity index (χ1) is 16.2. The highest BCUT2D eigenvalue weighted by Gasteiger charge is 2.32. The van der Waals surface area contributed by atoms with Gasteiger partial charge in [0.1, 0.15) is 0 Å². The molecule has 170 valence electrons. The van der Waals surface area contributed by atoms with Gasteiger partial charge in [-0.15, -0.1) is 11.3 Å². The third-order valence-corrected chi connectivity index (χ3v) is 7.14. The van der Waals surface area contributed by atoms with Gasteiger partial charge >= 0.3 is 0 Å². The van der Waals surface area contributed by atoms with Crippen LogP contribution in [0.4, 0.5) is 0 Å². The highest BCUT2D eigenvalue weighted by Crippen LogP contribution is 2.42. The van der Waals surface area contributed by atoms with E-state index in [9.17, 15) is 0 Å². The van der Waals surface area contributed by atoms with Gasteiger partial charge in [0.15, 0.2) is 11.5 Å². The van der Waals surface area contributed by atoms with Crippen molar-refractivity contribution in [2.75, 3.05) is 20.8 Å². The number of nitrogens with zero attached hydrogens (tertiary/aromatic N) is 3. The van der Waals surface area contributed by atoms with Crippen molar-refractivity contribution in [2.24, 2.45) is 0 Å². The highest BCUT2D eigenvalue weighted by molar-refractivity contribution is 7.10. The van der Waals surface area contributed by atoms with Crippen molar-refractivity contribution < 1.29 is 14.0 Å². The summed E-state index contributed by atoms with van der Waals surface area (Å²) in [6, 6.07) is 16.9. The number of hydrogen-bond donors (Lipinski definition) is 0. The SMILES string of the molecule is CCc1ccc(-c2noc(CN3CCc4cc(OC)c(OC)cc4C3c3cccs3)n2)cc1. The Labute approximate surface area is 197 Å². The van der Waals surface area contributed by atoms with E-state index >= 15 is 0 Å². The molecular formula is C26H27N3O3S. The molecule has 33 heavy (non-hydrogen) atoms. The first-order valence-corrected chi connectivity index (χ1v) is 12.0. The van der Waals surface area contributed by atoms with Gasteiger partial charge in [0.2, 0.25) is 11.7 Å². The minimum Gasteiger partial charge on any atom is -0.493 e. The maximum Gasteiger partial charge on any atom is 0.241 e. The molecule has 1 aliphatic rings. The summed E-state index contributed by atoms with van der Waals surface area (Å²) in [5.41, 5.74) is 4.78. The summed E-state index contributed by atoms with van der Waals surface area (Å²) in [7, 11) is 3.36. The van der Waals surface area contributed by atoms with Crippen LogP contribution >= 0.6 is 11.3 Å². The van der Waals surface area contributed by atoms with Crippen LogP contribution in [0.5, 0.6) is 11.5 Å². The Morgan fingerprint density at radius 3 is 2.58 bits per heavy atom. The van der Waals surface area contributed by atoms with E-state index in [1.165, 1.54) is 21.6 Å². The second-order valence-electron chi connectivity index (χ2n) is 8.11. The minimum absolute atomic E-state index is 0.0905. The number of thiophene rings is 1. The van der Waals surface area contributed by atoms with Crippen molar-refractivity contribution in [3.8, 4) is 22.9 Å². The van der Waals surface area contributed by atoms with Gasteiger partial charge in [-0.25, -0.2) is 0 Å². The smallest absolute Gasteiger partial charge is 0.241 e. The molecule has 0 fully saturated rings. The summed E-state index contributed by atoms with van der Waals surface area (Å²) < 4.78 is 16.8. The maximum atomic E-state index is 5.67. The van der Waals surface area contributed by atoms with Crippen LogP contribution < -0.4 is 9.47 Å². The Hall–Kier alpha value is -3.16. The molecular weight excluding hydrogens is 434 g/mol. The van der Waals surface area contributed by atoms with Crippen molar-refractivity contribution in [3.05, 3.63) is 81.4 Å². The largest absolute Gasteiger partial charge is 0.493 e. The molecule has 0 saturated carbocycles. The van der Waals surface area contributed by atoms with Crippen LogP contribution in [0.2, 0.25) is 0 Å². The fourth-order valence-corrected chi connectivity index (χ4v) is 5.32. The van der Waals surface area contributed by atoms with E-state index in [4.69, 9.17) is 19.0 Å². The minimum atomic E-state index is 0.0905. The van der Waals surface area contributed by atoms with Gasteiger partial charge < -0.3 is 14.0 Å². The van der Waals surface area contributed by atoms with Gasteiger partial charge in [0.25, 0.3) is 0 Å². The number of fused-ring (bicyclic) bond motifs is 1. The monoisotopic (exact) mass is 461 g/mol. The molecule has 0 aliphatic carbocycles. The molecule has 2 aromatic heterocycles. The summed E-state index contributed by atoms with van der Waals surface area (Å²) in [5.74, 6) is 2.76. The van der Waals surface area contributed by atoms with E-state index in [0.717, 1.165) is 36.4 Å². The van der Waals surface area contributed by atoms with Crippen LogP contribution in [0.1, 0.15) is 40.4 Å². The third-order valence-electron chi connectivity index (χ3n) is 6.21. The zero-order valence-corrected chi connectivity index (χ0v) is 19.9. The quantitative estimate of drug-likeness (QED) is 0.361. The molecule has 4 aromatic rings. The van der Waals surface area contributed by atoms with Gasteiger partial charge in [-0.05, 0) is 53.1 Å². The standard InChI is InChI=1S/C26H27N3O3S/c1-4-17-7-9-18(10-8-17)26-27-24(32-28-26)16-29-12-11-19-14-21(30-2)22(31-3)15-20(19)25(29)23-6-5-13-33-23/h5-10,13-15,25H,4,11-12,16H2,1-3H3. The number of aryl methyl sites for hydroxylation is 1. The summed E-state index contributed by atoms with van der Waals surface area (Å²) in [6.45, 7) is 3.61. The van der Waals surface area contributed by atoms with E-state index < -0.39 is 0 Å². The molecule has 6 nitrogen and oxygen atoms in total. The van der Waals surface area contributed by atoms with Gasteiger partial charge in [0, 0.05) is 17.0 Å². The Morgan fingerprint density at radius 1 is 1.09 bits per heavy atom. The molecule has 0 N–H and O–H groups in total. The average molecular weight is 462 g/mol. The van der Waals surface area contributed by atoms with Gasteiger partial charge in [-0.2, -0.15) is 4.98 Å². The van der Waals surface area contributed by atoms with Gasteiger partial charge in [-0.1, -0.05) is 42.4 Å². The topological polar surface area (TPSA) is 60.6 Å². The fourth-order valence-electron chi connectivity index (χ4n) is 4.45. The molecule has 5 rings (SSSR count). The Kier molecular flexibility index (Phi) is 6.15. The Bertz CT molecular complexity index is 1220. The predicted octanol–water partition coefficient (Wildman–Crippen LogP) is 5.53. The van der Waals surface area contributed by atoms with Gasteiger partial charge in [-0.3, -0.25) is 4.90 Å². The molecule has 7 heteroatoms. The van der Waals surface area contributed by atoms with E-state index in [-0.39, 0.29) is 6.04 Å². The zero-order valence-electron chi connectivity index (χ0n) is 19.1. The van der Waals surface area contributed by atoms with Crippen molar-refractivity contribution >= 4 is 11.3 Å². The van der Waals surface area contributed by atoms with E-state index in [1.54, 1.807) is 25.6 Å². The van der Waals surface area contributed by atoms with Crippen LogP contribution in [-0.2, 0) is 19.4 Å². The molecule has 3 heterocycles. The van der Waals surface area contributed by atoms with Crippen molar-refractivity contribution in [3.63, 3.8) is 0 Å². The number of aromatic nitrogens is 2. The molecule has 1 atom stereocenters. The molecule has 1 unspecified atom stereocenters. The second-order valence-corrected chi connectivity index (χ2v) is 9.09. The molecule has 0 amide bonds. The highest BCUT2D eigenvalue weighted by atomic mass is 32.1. The summed E-state index contributed by atoms with van der Waals surface area (Å²) in [6.07, 6.45) is 1.92. The van der Waals surface area contributed by atoms with Gasteiger partial charge in [0.05, 0.1) is 26.8 Å². The second kappa shape index (κ2) is 9.37. The lowest BCUT2D eigenvalue weighted by Crippen LogP contribution is -2.35. The normalized spacial score (nSPS) is 15.9. The van der Waals surface area contributed by atoms with Crippen LogP contribution in [0.15, 0.2) is 58.4 Å². The molecule has 0 saturated heterocycles. The first kappa shape index (κ1) is 21.7. The molecule has 0 radical (unpaired) electrons. The Morgan fingerprint density at radius 2 is 1.88 bits per heavy atom. The Balaban J connectivity index is 1.45. The zero-order chi connectivity index (χ0) is 22.8. The van der Waals surface area contributed by atoms with Crippen molar-refractivity contribution in [1.82, 2.24) is 15.0 Å². The predicted molar refractivity (Wildman–Crippen MR) is 129 cm³/mol. The van der Waals surface area contributed by atoms with Crippen LogP contribution in [0.3, 0.4) is 0 Å². The van der Waals surface area contributed by atoms with E-state index in [2.05, 4.69) is 70.9 Å².